The highest BCUT2D eigenvalue weighted by Gasteiger charge is 2.34. The summed E-state index contributed by atoms with van der Waals surface area (Å²) in [5, 5.41) is 0. The van der Waals surface area contributed by atoms with E-state index in [-0.39, 0.29) is 17.7 Å². The lowest BCUT2D eigenvalue weighted by molar-refractivity contribution is -0.139. The third-order valence-corrected chi connectivity index (χ3v) is 7.23. The fraction of sp³-hybridized carbons (Fsp3) is 0.259. The summed E-state index contributed by atoms with van der Waals surface area (Å²) < 4.78 is 24.1. The van der Waals surface area contributed by atoms with Crippen LogP contribution in [0.15, 0.2) is 61.9 Å². The fourth-order valence-electron chi connectivity index (χ4n) is 4.15. The van der Waals surface area contributed by atoms with Gasteiger partial charge in [-0.2, -0.15) is 0 Å². The van der Waals surface area contributed by atoms with Gasteiger partial charge in [-0.15, -0.1) is 0 Å². The number of carbonyl (C=O) groups is 2. The number of benzene rings is 2. The lowest BCUT2D eigenvalue weighted by atomic mass is 9.95. The maximum absolute atomic E-state index is 13.9. The van der Waals surface area contributed by atoms with Crippen molar-refractivity contribution in [3.8, 4) is 17.2 Å². The van der Waals surface area contributed by atoms with Crippen LogP contribution < -0.4 is 29.1 Å². The van der Waals surface area contributed by atoms with Gasteiger partial charge in [-0.25, -0.2) is 9.79 Å². The van der Waals surface area contributed by atoms with Crippen LogP contribution in [0.5, 0.6) is 17.2 Å². The summed E-state index contributed by atoms with van der Waals surface area (Å²) in [7, 11) is 3.04. The molecule has 1 aromatic heterocycles. The zero-order chi connectivity index (χ0) is 27.6. The van der Waals surface area contributed by atoms with Gasteiger partial charge in [-0.1, -0.05) is 33.3 Å². The molecule has 1 atom stereocenters. The third kappa shape index (κ3) is 5.30. The van der Waals surface area contributed by atoms with Gasteiger partial charge >= 0.3 is 11.9 Å². The number of ether oxygens (including phenoxy) is 4. The molecule has 0 saturated carbocycles. The van der Waals surface area contributed by atoms with Crippen LogP contribution in [0.4, 0.5) is 0 Å². The Balaban J connectivity index is 1.98. The fourth-order valence-corrected chi connectivity index (χ4v) is 5.57. The molecule has 0 spiro atoms. The van der Waals surface area contributed by atoms with Gasteiger partial charge in [0, 0.05) is 17.0 Å². The van der Waals surface area contributed by atoms with Gasteiger partial charge in [0.05, 0.1) is 42.7 Å². The normalized spacial score (nSPS) is 15.0. The molecule has 0 fully saturated rings. The number of hydrogen-bond donors (Lipinski definition) is 0. The summed E-state index contributed by atoms with van der Waals surface area (Å²) in [5.74, 6) is 0.227. The first-order valence-electron chi connectivity index (χ1n) is 11.6. The van der Waals surface area contributed by atoms with Gasteiger partial charge in [0.25, 0.3) is 5.56 Å². The number of thiazole rings is 1. The number of fused-ring (bicyclic) bond motifs is 1. The lowest BCUT2D eigenvalue weighted by Crippen LogP contribution is -2.40. The SMILES string of the molecule is CCOC(=O)C1=C(C)N=c2s/c(=C\c3cc(Br)ccc3OC(C)=O)c(=O)n2[C@H]1c1ccc(OC)c(OC)c1. The second-order valence-electron chi connectivity index (χ2n) is 8.19. The zero-order valence-electron chi connectivity index (χ0n) is 21.4. The van der Waals surface area contributed by atoms with E-state index in [9.17, 15) is 14.4 Å². The molecule has 1 aliphatic heterocycles. The Labute approximate surface area is 230 Å². The van der Waals surface area contributed by atoms with Crippen molar-refractivity contribution in [2.75, 3.05) is 20.8 Å². The number of aromatic nitrogens is 1. The van der Waals surface area contributed by atoms with E-state index in [4.69, 9.17) is 18.9 Å². The Bertz CT molecular complexity index is 1640. The number of carbonyl (C=O) groups excluding carboxylic acids is 2. The molecular weight excluding hydrogens is 576 g/mol. The Morgan fingerprint density at radius 2 is 1.82 bits per heavy atom. The molecule has 1 aliphatic rings. The van der Waals surface area contributed by atoms with Crippen LogP contribution in [0, 0.1) is 0 Å². The predicted octanol–water partition coefficient (Wildman–Crippen LogP) is 3.50. The van der Waals surface area contributed by atoms with Crippen molar-refractivity contribution in [1.29, 1.82) is 0 Å². The molecule has 11 heteroatoms. The van der Waals surface area contributed by atoms with Crippen LogP contribution in [0.2, 0.25) is 0 Å². The number of allylic oxidation sites excluding steroid dienone is 1. The number of rotatable bonds is 7. The van der Waals surface area contributed by atoms with Gasteiger partial charge in [0.15, 0.2) is 16.3 Å². The second-order valence-corrected chi connectivity index (χ2v) is 10.1. The molecule has 4 rings (SSSR count). The smallest absolute Gasteiger partial charge is 0.338 e. The van der Waals surface area contributed by atoms with Gasteiger partial charge in [-0.05, 0) is 55.8 Å². The van der Waals surface area contributed by atoms with Gasteiger partial charge < -0.3 is 18.9 Å². The van der Waals surface area contributed by atoms with Crippen molar-refractivity contribution in [1.82, 2.24) is 4.57 Å². The molecule has 9 nitrogen and oxygen atoms in total. The van der Waals surface area contributed by atoms with Crippen molar-refractivity contribution >= 4 is 45.3 Å². The summed E-state index contributed by atoms with van der Waals surface area (Å²) in [5.41, 5.74) is 1.48. The first kappa shape index (κ1) is 27.3. The molecular formula is C27H25BrN2O7S. The maximum Gasteiger partial charge on any atom is 0.338 e. The van der Waals surface area contributed by atoms with E-state index < -0.39 is 18.0 Å². The minimum atomic E-state index is -0.817. The number of halogens is 1. The van der Waals surface area contributed by atoms with Crippen molar-refractivity contribution in [3.05, 3.63) is 83.0 Å². The quantitative estimate of drug-likeness (QED) is 0.302. The van der Waals surface area contributed by atoms with Crippen LogP contribution in [-0.4, -0.2) is 37.3 Å². The number of nitrogens with zero attached hydrogens (tertiary/aromatic N) is 2. The average molecular weight is 601 g/mol. The molecule has 0 amide bonds. The molecule has 0 radical (unpaired) electrons. The van der Waals surface area contributed by atoms with E-state index in [0.717, 1.165) is 4.47 Å². The van der Waals surface area contributed by atoms with E-state index in [1.165, 1.54) is 37.0 Å². The molecule has 0 saturated heterocycles. The van der Waals surface area contributed by atoms with E-state index in [1.54, 1.807) is 56.3 Å². The highest BCUT2D eigenvalue weighted by molar-refractivity contribution is 9.10. The Kier molecular flexibility index (Phi) is 8.17. The molecule has 2 aromatic carbocycles. The summed E-state index contributed by atoms with van der Waals surface area (Å²) in [4.78, 5) is 43.6. The lowest BCUT2D eigenvalue weighted by Gasteiger charge is -2.25. The minimum absolute atomic E-state index is 0.167. The Hall–Kier alpha value is -3.70. The predicted molar refractivity (Wildman–Crippen MR) is 145 cm³/mol. The average Bonchev–Trinajstić information content (AvgIpc) is 3.18. The van der Waals surface area contributed by atoms with Gasteiger partial charge in [0.1, 0.15) is 5.75 Å². The number of hydrogen-bond acceptors (Lipinski definition) is 9. The van der Waals surface area contributed by atoms with Crippen LogP contribution in [0.1, 0.15) is 37.9 Å². The molecule has 0 N–H and O–H groups in total. The standard InChI is InChI=1S/C27H25BrN2O7S/c1-6-36-26(33)23-14(2)29-27-30(24(23)16-7-9-20(34-4)21(12-16)35-5)25(32)22(38-27)13-17-11-18(28)8-10-19(17)37-15(3)31/h7-13,24H,6H2,1-5H3/b22-13-/t24-/m0/s1. The van der Waals surface area contributed by atoms with Crippen LogP contribution in [0.25, 0.3) is 6.08 Å². The largest absolute Gasteiger partial charge is 0.493 e. The first-order valence-corrected chi connectivity index (χ1v) is 13.2. The molecule has 2 heterocycles. The number of esters is 2. The highest BCUT2D eigenvalue weighted by Crippen LogP contribution is 2.36. The number of methoxy groups -OCH3 is 2. The van der Waals surface area contributed by atoms with Gasteiger partial charge in [0.2, 0.25) is 0 Å². The Morgan fingerprint density at radius 3 is 2.47 bits per heavy atom. The summed E-state index contributed by atoms with van der Waals surface area (Å²) in [6.07, 6.45) is 1.64. The molecule has 3 aromatic rings. The molecule has 198 valence electrons. The van der Waals surface area contributed by atoms with Crippen molar-refractivity contribution in [2.24, 2.45) is 4.99 Å². The first-order chi connectivity index (χ1) is 18.2. The maximum atomic E-state index is 13.9. The molecule has 0 aliphatic carbocycles. The summed E-state index contributed by atoms with van der Waals surface area (Å²) in [6, 6.07) is 9.53. The second kappa shape index (κ2) is 11.4. The van der Waals surface area contributed by atoms with Crippen LogP contribution in [-0.2, 0) is 14.3 Å². The van der Waals surface area contributed by atoms with E-state index >= 15 is 0 Å². The monoisotopic (exact) mass is 600 g/mol. The summed E-state index contributed by atoms with van der Waals surface area (Å²) >= 11 is 4.59. The van der Waals surface area contributed by atoms with Crippen LogP contribution in [0.3, 0.4) is 0 Å². The van der Waals surface area contributed by atoms with Crippen molar-refractivity contribution < 1.29 is 28.5 Å². The zero-order valence-corrected chi connectivity index (χ0v) is 23.8. The summed E-state index contributed by atoms with van der Waals surface area (Å²) in [6.45, 7) is 4.90. The van der Waals surface area contributed by atoms with Crippen molar-refractivity contribution in [2.45, 2.75) is 26.8 Å². The highest BCUT2D eigenvalue weighted by atomic mass is 79.9. The Morgan fingerprint density at radius 1 is 1.11 bits per heavy atom. The molecule has 38 heavy (non-hydrogen) atoms. The minimum Gasteiger partial charge on any atom is -0.493 e. The van der Waals surface area contributed by atoms with Gasteiger partial charge in [-0.3, -0.25) is 14.2 Å². The van der Waals surface area contributed by atoms with Crippen LogP contribution >= 0.6 is 27.3 Å². The van der Waals surface area contributed by atoms with E-state index in [1.807, 2.05) is 0 Å². The van der Waals surface area contributed by atoms with E-state index in [2.05, 4.69) is 20.9 Å². The molecule has 0 bridgehead atoms. The molecule has 0 unspecified atom stereocenters. The van der Waals surface area contributed by atoms with Crippen molar-refractivity contribution in [3.63, 3.8) is 0 Å². The topological polar surface area (TPSA) is 105 Å². The van der Waals surface area contributed by atoms with E-state index in [0.29, 0.717) is 43.4 Å². The third-order valence-electron chi connectivity index (χ3n) is 5.75.